The van der Waals surface area contributed by atoms with Gasteiger partial charge in [-0.15, -0.1) is 0 Å². The highest BCUT2D eigenvalue weighted by atomic mass is 79.9. The van der Waals surface area contributed by atoms with Gasteiger partial charge in [0, 0.05) is 36.1 Å². The van der Waals surface area contributed by atoms with Crippen molar-refractivity contribution in [1.82, 2.24) is 14.5 Å². The van der Waals surface area contributed by atoms with E-state index < -0.39 is 0 Å². The summed E-state index contributed by atoms with van der Waals surface area (Å²) in [4.78, 5) is 7.91. The first-order chi connectivity index (χ1) is 9.22. The summed E-state index contributed by atoms with van der Waals surface area (Å²) in [6.45, 7) is 0.617. The second-order valence-electron chi connectivity index (χ2n) is 4.52. The number of nitrogens with zero attached hydrogens (tertiary/aromatic N) is 2. The Hall–Kier alpha value is -1.59. The molecule has 98 valence electrons. The molecule has 0 unspecified atom stereocenters. The van der Waals surface area contributed by atoms with E-state index in [0.717, 1.165) is 33.6 Å². The second-order valence-corrected chi connectivity index (χ2v) is 5.27. The molecule has 0 amide bonds. The molecule has 0 atom stereocenters. The molecule has 0 spiro atoms. The smallest absolute Gasteiger partial charge is 0.143 e. The van der Waals surface area contributed by atoms with Gasteiger partial charge in [-0.25, -0.2) is 4.98 Å². The molecule has 1 aromatic carbocycles. The van der Waals surface area contributed by atoms with Gasteiger partial charge in [0.25, 0.3) is 0 Å². The summed E-state index contributed by atoms with van der Waals surface area (Å²) < 4.78 is 2.98. The normalized spacial score (nSPS) is 11.3. The van der Waals surface area contributed by atoms with Crippen LogP contribution in [0.4, 0.5) is 0 Å². The van der Waals surface area contributed by atoms with Crippen molar-refractivity contribution in [2.45, 2.75) is 6.42 Å². The van der Waals surface area contributed by atoms with Crippen LogP contribution in [-0.2, 0) is 13.5 Å². The molecule has 0 aliphatic heterocycles. The number of benzene rings is 1. The van der Waals surface area contributed by atoms with E-state index in [1.165, 1.54) is 5.39 Å². The number of aromatic amines is 1. The number of hydrogen-bond donors (Lipinski definition) is 2. The highest BCUT2D eigenvalue weighted by Crippen LogP contribution is 2.30. The van der Waals surface area contributed by atoms with Crippen LogP contribution in [0.1, 0.15) is 5.69 Å². The van der Waals surface area contributed by atoms with Crippen LogP contribution in [0.25, 0.3) is 22.3 Å². The van der Waals surface area contributed by atoms with Crippen LogP contribution in [0.2, 0.25) is 0 Å². The number of hydrogen-bond acceptors (Lipinski definition) is 2. The third-order valence-electron chi connectivity index (χ3n) is 3.38. The zero-order chi connectivity index (χ0) is 13.4. The Morgan fingerprint density at radius 2 is 2.16 bits per heavy atom. The van der Waals surface area contributed by atoms with Crippen LogP contribution >= 0.6 is 15.9 Å². The molecule has 3 N–H and O–H groups in total. The Bertz CT molecular complexity index is 726. The Balaban J connectivity index is 2.19. The summed E-state index contributed by atoms with van der Waals surface area (Å²) >= 11 is 3.52. The first-order valence-corrected chi connectivity index (χ1v) is 6.99. The molecule has 3 rings (SSSR count). The number of para-hydroxylation sites is 1. The molecule has 3 aromatic rings. The number of H-pyrrole nitrogens is 1. The average Bonchev–Trinajstić information content (AvgIpc) is 2.95. The molecule has 0 radical (unpaired) electrons. The molecule has 0 fully saturated rings. The fourth-order valence-electron chi connectivity index (χ4n) is 2.40. The van der Waals surface area contributed by atoms with Crippen LogP contribution in [0.15, 0.2) is 35.1 Å². The molecule has 0 bridgehead atoms. The fourth-order valence-corrected chi connectivity index (χ4v) is 3.04. The third-order valence-corrected chi connectivity index (χ3v) is 4.01. The van der Waals surface area contributed by atoms with Crippen molar-refractivity contribution >= 4 is 26.8 Å². The van der Waals surface area contributed by atoms with Crippen molar-refractivity contribution < 1.29 is 0 Å². The highest BCUT2D eigenvalue weighted by Gasteiger charge is 2.16. The molecule has 2 aromatic heterocycles. The quantitative estimate of drug-likeness (QED) is 0.780. The van der Waals surface area contributed by atoms with Crippen molar-refractivity contribution in [2.75, 3.05) is 6.54 Å². The maximum absolute atomic E-state index is 5.65. The standard InChI is InChI=1S/C14H15BrN4/c1-19-12(6-7-16)13(15)18-14(19)10-8-17-11-5-3-2-4-9(10)11/h2-5,8,17H,6-7,16H2,1H3. The fraction of sp³-hybridized carbons (Fsp3) is 0.214. The van der Waals surface area contributed by atoms with Gasteiger partial charge in [0.1, 0.15) is 10.4 Å². The van der Waals surface area contributed by atoms with Crippen LogP contribution in [-0.4, -0.2) is 21.1 Å². The number of nitrogens with two attached hydrogens (primary N) is 1. The third kappa shape index (κ3) is 1.99. The molecule has 19 heavy (non-hydrogen) atoms. The molecule has 5 heteroatoms. The maximum atomic E-state index is 5.65. The average molecular weight is 319 g/mol. The molecule has 0 saturated carbocycles. The summed E-state index contributed by atoms with van der Waals surface area (Å²) in [5, 5.41) is 1.18. The number of imidazole rings is 1. The molecule has 4 nitrogen and oxygen atoms in total. The predicted molar refractivity (Wildman–Crippen MR) is 81.0 cm³/mol. The van der Waals surface area contributed by atoms with E-state index in [0.29, 0.717) is 6.54 Å². The van der Waals surface area contributed by atoms with Crippen LogP contribution in [0.5, 0.6) is 0 Å². The minimum Gasteiger partial charge on any atom is -0.360 e. The monoisotopic (exact) mass is 318 g/mol. The summed E-state index contributed by atoms with van der Waals surface area (Å²) in [6, 6.07) is 8.24. The number of rotatable bonds is 3. The van der Waals surface area contributed by atoms with Gasteiger partial charge in [-0.3, -0.25) is 0 Å². The van der Waals surface area contributed by atoms with E-state index in [-0.39, 0.29) is 0 Å². The Labute approximate surface area is 119 Å². The summed E-state index contributed by atoms with van der Waals surface area (Å²) in [7, 11) is 2.03. The van der Waals surface area contributed by atoms with Gasteiger partial charge in [0.15, 0.2) is 0 Å². The van der Waals surface area contributed by atoms with E-state index in [9.17, 15) is 0 Å². The molecule has 0 aliphatic carbocycles. The lowest BCUT2D eigenvalue weighted by atomic mass is 10.1. The number of aromatic nitrogens is 3. The van der Waals surface area contributed by atoms with E-state index in [1.54, 1.807) is 0 Å². The number of nitrogens with one attached hydrogen (secondary N) is 1. The van der Waals surface area contributed by atoms with Gasteiger partial charge in [-0.2, -0.15) is 0 Å². The lowest BCUT2D eigenvalue weighted by molar-refractivity contribution is 0.808. The van der Waals surface area contributed by atoms with Crippen LogP contribution in [0, 0.1) is 0 Å². The van der Waals surface area contributed by atoms with E-state index in [2.05, 4.69) is 42.6 Å². The highest BCUT2D eigenvalue weighted by molar-refractivity contribution is 9.10. The Morgan fingerprint density at radius 1 is 1.37 bits per heavy atom. The van der Waals surface area contributed by atoms with E-state index in [1.807, 2.05) is 25.4 Å². The van der Waals surface area contributed by atoms with Crippen molar-refractivity contribution in [3.8, 4) is 11.4 Å². The number of halogens is 1. The SMILES string of the molecule is Cn1c(-c2c[nH]c3ccccc23)nc(Br)c1CCN. The first-order valence-electron chi connectivity index (χ1n) is 6.20. The molecular formula is C14H15BrN4. The maximum Gasteiger partial charge on any atom is 0.143 e. The van der Waals surface area contributed by atoms with Crippen molar-refractivity contribution in [1.29, 1.82) is 0 Å². The van der Waals surface area contributed by atoms with Gasteiger partial charge in [-0.1, -0.05) is 18.2 Å². The summed E-state index contributed by atoms with van der Waals surface area (Å²) in [6.07, 6.45) is 2.82. The zero-order valence-electron chi connectivity index (χ0n) is 10.7. The lowest BCUT2D eigenvalue weighted by Crippen LogP contribution is -2.07. The minimum atomic E-state index is 0.617. The number of fused-ring (bicyclic) bond motifs is 1. The molecular weight excluding hydrogens is 304 g/mol. The topological polar surface area (TPSA) is 59.6 Å². The van der Waals surface area contributed by atoms with Crippen LogP contribution < -0.4 is 5.73 Å². The van der Waals surface area contributed by atoms with Crippen molar-refractivity contribution in [2.24, 2.45) is 12.8 Å². The van der Waals surface area contributed by atoms with Gasteiger partial charge in [0.05, 0.1) is 5.69 Å². The first kappa shape index (κ1) is 12.4. The van der Waals surface area contributed by atoms with Crippen molar-refractivity contribution in [3.63, 3.8) is 0 Å². The molecule has 0 aliphatic rings. The zero-order valence-corrected chi connectivity index (χ0v) is 12.2. The van der Waals surface area contributed by atoms with Crippen LogP contribution in [0.3, 0.4) is 0 Å². The van der Waals surface area contributed by atoms with Crippen molar-refractivity contribution in [3.05, 3.63) is 40.8 Å². The molecule has 2 heterocycles. The molecule has 0 saturated heterocycles. The summed E-state index contributed by atoms with van der Waals surface area (Å²) in [5.41, 5.74) is 9.01. The second kappa shape index (κ2) is 4.83. The van der Waals surface area contributed by atoms with Gasteiger partial charge >= 0.3 is 0 Å². The van der Waals surface area contributed by atoms with Gasteiger partial charge in [0.2, 0.25) is 0 Å². The largest absolute Gasteiger partial charge is 0.360 e. The van der Waals surface area contributed by atoms with Gasteiger partial charge in [-0.05, 0) is 28.5 Å². The summed E-state index contributed by atoms with van der Waals surface area (Å²) in [5.74, 6) is 0.952. The Kier molecular flexibility index (Phi) is 3.16. The van der Waals surface area contributed by atoms with Gasteiger partial charge < -0.3 is 15.3 Å². The predicted octanol–water partition coefficient (Wildman–Crippen LogP) is 2.83. The van der Waals surface area contributed by atoms with E-state index >= 15 is 0 Å². The van der Waals surface area contributed by atoms with E-state index in [4.69, 9.17) is 5.73 Å². The minimum absolute atomic E-state index is 0.617. The Morgan fingerprint density at radius 3 is 2.95 bits per heavy atom. The lowest BCUT2D eigenvalue weighted by Gasteiger charge is -2.04.